The molecule has 0 atom stereocenters. The molecule has 1 aliphatic carbocycles. The number of para-hydroxylation sites is 2. The quantitative estimate of drug-likeness (QED) is 0.138. The molecule has 5 rings (SSSR count). The van der Waals surface area contributed by atoms with Crippen molar-refractivity contribution in [2.45, 2.75) is 84.5 Å². The standard InChI is InChI=1S/C40H48ClN2O4/c1-28(44)46-26-12-24-42-34-18-9-7-16-32(34)39(3,4)36(42)22-20-30-14-11-15-31(38(30)41)21-23-37-40(5,6)33-17-8-10-19-35(33)43(37)25-13-27-47-29(2)45/h7-10,16-23H,11-15,24-27H2,1-6H3/q+1. The molecule has 0 N–H and O–H groups in total. The fourth-order valence-corrected chi connectivity index (χ4v) is 7.52. The van der Waals surface area contributed by atoms with Crippen LogP contribution in [0.2, 0.25) is 0 Å². The Morgan fingerprint density at radius 3 is 2.23 bits per heavy atom. The van der Waals surface area contributed by atoms with E-state index in [4.69, 9.17) is 21.1 Å². The lowest BCUT2D eigenvalue weighted by atomic mass is 9.81. The first kappa shape index (κ1) is 34.4. The Morgan fingerprint density at radius 1 is 0.851 bits per heavy atom. The van der Waals surface area contributed by atoms with E-state index in [1.165, 1.54) is 47.8 Å². The van der Waals surface area contributed by atoms with Crippen LogP contribution in [-0.4, -0.2) is 48.5 Å². The van der Waals surface area contributed by atoms with Crippen molar-refractivity contribution in [1.82, 2.24) is 0 Å². The van der Waals surface area contributed by atoms with Gasteiger partial charge < -0.3 is 14.4 Å². The van der Waals surface area contributed by atoms with E-state index in [2.05, 4.69) is 110 Å². The Kier molecular flexibility index (Phi) is 10.6. The van der Waals surface area contributed by atoms with Gasteiger partial charge in [0.1, 0.15) is 0 Å². The van der Waals surface area contributed by atoms with Gasteiger partial charge in [0.15, 0.2) is 12.3 Å². The SMILES string of the molecule is CC(=O)OCCCN1C(=CC=C2CCCC(C=CC3=[N+](CCCOC(C)=O)c4ccccc4C3(C)C)=C2Cl)C(C)(C)c2ccccc21. The molecule has 0 saturated carbocycles. The molecular formula is C40H48ClN2O4+. The second kappa shape index (κ2) is 14.5. The number of anilines is 1. The van der Waals surface area contributed by atoms with E-state index >= 15 is 0 Å². The third-order valence-corrected chi connectivity index (χ3v) is 10.1. The second-order valence-corrected chi connectivity index (χ2v) is 14.0. The van der Waals surface area contributed by atoms with Gasteiger partial charge in [-0.3, -0.25) is 9.59 Å². The number of fused-ring (bicyclic) bond motifs is 2. The number of esters is 2. The zero-order chi connectivity index (χ0) is 33.8. The number of nitrogens with zero attached hydrogens (tertiary/aromatic N) is 2. The van der Waals surface area contributed by atoms with Gasteiger partial charge in [0, 0.05) is 66.4 Å². The lowest BCUT2D eigenvalue weighted by molar-refractivity contribution is -0.438. The maximum atomic E-state index is 11.3. The number of halogens is 1. The minimum Gasteiger partial charge on any atom is -0.466 e. The number of rotatable bonds is 11. The van der Waals surface area contributed by atoms with Crippen molar-refractivity contribution in [2.24, 2.45) is 0 Å². The zero-order valence-electron chi connectivity index (χ0n) is 28.7. The maximum absolute atomic E-state index is 11.3. The average molecular weight is 656 g/mol. The third-order valence-electron chi connectivity index (χ3n) is 9.60. The minimum absolute atomic E-state index is 0.179. The van der Waals surface area contributed by atoms with Crippen LogP contribution >= 0.6 is 11.6 Å². The van der Waals surface area contributed by atoms with E-state index in [-0.39, 0.29) is 22.8 Å². The molecule has 2 heterocycles. The molecule has 0 aromatic heterocycles. The largest absolute Gasteiger partial charge is 0.466 e. The monoisotopic (exact) mass is 655 g/mol. The molecule has 7 heteroatoms. The lowest BCUT2D eigenvalue weighted by Crippen LogP contribution is -2.28. The molecule has 6 nitrogen and oxygen atoms in total. The molecule has 0 radical (unpaired) electrons. The maximum Gasteiger partial charge on any atom is 0.302 e. The van der Waals surface area contributed by atoms with E-state index in [0.29, 0.717) is 13.2 Å². The second-order valence-electron chi connectivity index (χ2n) is 13.6. The molecule has 0 bridgehead atoms. The predicted molar refractivity (Wildman–Crippen MR) is 191 cm³/mol. The first-order chi connectivity index (χ1) is 22.4. The molecule has 0 amide bonds. The van der Waals surface area contributed by atoms with Gasteiger partial charge in [-0.15, -0.1) is 0 Å². The van der Waals surface area contributed by atoms with Crippen LogP contribution in [-0.2, 0) is 29.9 Å². The van der Waals surface area contributed by atoms with E-state index in [1.54, 1.807) is 0 Å². The number of benzene rings is 2. The summed E-state index contributed by atoms with van der Waals surface area (Å²) in [5.74, 6) is -0.495. The molecule has 0 fully saturated rings. The molecule has 2 aromatic rings. The van der Waals surface area contributed by atoms with E-state index < -0.39 is 0 Å². The number of hydrogen-bond acceptors (Lipinski definition) is 5. The number of carbonyl (C=O) groups excluding carboxylic acids is 2. The molecule has 0 spiro atoms. The molecule has 2 aromatic carbocycles. The molecule has 248 valence electrons. The van der Waals surface area contributed by atoms with E-state index in [1.807, 2.05) is 0 Å². The first-order valence-electron chi connectivity index (χ1n) is 16.8. The van der Waals surface area contributed by atoms with Crippen LogP contribution in [0.4, 0.5) is 11.4 Å². The average Bonchev–Trinajstić information content (AvgIpc) is 3.38. The lowest BCUT2D eigenvalue weighted by Gasteiger charge is -2.27. The Balaban J connectivity index is 1.44. The summed E-state index contributed by atoms with van der Waals surface area (Å²) in [6.45, 7) is 14.3. The van der Waals surface area contributed by atoms with Crippen LogP contribution in [0.3, 0.4) is 0 Å². The molecule has 47 heavy (non-hydrogen) atoms. The van der Waals surface area contributed by atoms with Gasteiger partial charge >= 0.3 is 11.9 Å². The summed E-state index contributed by atoms with van der Waals surface area (Å²) in [7, 11) is 0. The van der Waals surface area contributed by atoms with Gasteiger partial charge in [0.05, 0.1) is 18.6 Å². The van der Waals surface area contributed by atoms with Crippen molar-refractivity contribution in [2.75, 3.05) is 31.2 Å². The summed E-state index contributed by atoms with van der Waals surface area (Å²) in [5.41, 5.74) is 9.35. The van der Waals surface area contributed by atoms with Crippen LogP contribution in [0.1, 0.15) is 84.8 Å². The van der Waals surface area contributed by atoms with Crippen molar-refractivity contribution in [3.05, 3.63) is 106 Å². The first-order valence-corrected chi connectivity index (χ1v) is 17.2. The molecule has 3 aliphatic rings. The van der Waals surface area contributed by atoms with Gasteiger partial charge in [-0.2, -0.15) is 4.58 Å². The summed E-state index contributed by atoms with van der Waals surface area (Å²) >= 11 is 7.17. The molecule has 0 saturated heterocycles. The van der Waals surface area contributed by atoms with Crippen molar-refractivity contribution >= 4 is 40.6 Å². The molecular weight excluding hydrogens is 608 g/mol. The molecule has 2 aliphatic heterocycles. The topological polar surface area (TPSA) is 58.9 Å². The third kappa shape index (κ3) is 7.33. The van der Waals surface area contributed by atoms with Crippen LogP contribution in [0.15, 0.2) is 94.7 Å². The highest BCUT2D eigenvalue weighted by Crippen LogP contribution is 2.48. The molecule has 0 unspecified atom stereocenters. The normalized spacial score (nSPS) is 19.9. The Bertz CT molecular complexity index is 1690. The highest BCUT2D eigenvalue weighted by atomic mass is 35.5. The highest BCUT2D eigenvalue weighted by molar-refractivity contribution is 6.32. The zero-order valence-corrected chi connectivity index (χ0v) is 29.5. The fourth-order valence-electron chi connectivity index (χ4n) is 7.21. The summed E-state index contributed by atoms with van der Waals surface area (Å²) in [5, 5.41) is 0.828. The van der Waals surface area contributed by atoms with Crippen molar-refractivity contribution < 1.29 is 23.6 Å². The van der Waals surface area contributed by atoms with Crippen LogP contribution in [0, 0.1) is 0 Å². The fraction of sp³-hybridized carbons (Fsp3) is 0.425. The summed E-state index contributed by atoms with van der Waals surface area (Å²) in [4.78, 5) is 25.0. The smallest absolute Gasteiger partial charge is 0.302 e. The van der Waals surface area contributed by atoms with Crippen LogP contribution in [0.25, 0.3) is 0 Å². The minimum atomic E-state index is -0.248. The number of carbonyl (C=O) groups is 2. The van der Waals surface area contributed by atoms with Crippen molar-refractivity contribution in [3.63, 3.8) is 0 Å². The van der Waals surface area contributed by atoms with Crippen LogP contribution < -0.4 is 4.90 Å². The Hall–Kier alpha value is -3.90. The van der Waals surface area contributed by atoms with E-state index in [9.17, 15) is 9.59 Å². The van der Waals surface area contributed by atoms with Gasteiger partial charge in [0.25, 0.3) is 0 Å². The van der Waals surface area contributed by atoms with Gasteiger partial charge in [-0.05, 0) is 68.4 Å². The number of allylic oxidation sites excluding steroid dienone is 8. The van der Waals surface area contributed by atoms with Crippen molar-refractivity contribution in [3.8, 4) is 0 Å². The highest BCUT2D eigenvalue weighted by Gasteiger charge is 2.44. The Morgan fingerprint density at radius 2 is 1.51 bits per heavy atom. The summed E-state index contributed by atoms with van der Waals surface area (Å²) in [6, 6.07) is 17.1. The van der Waals surface area contributed by atoms with Gasteiger partial charge in [0.2, 0.25) is 5.69 Å². The summed E-state index contributed by atoms with van der Waals surface area (Å²) in [6.07, 6.45) is 13.3. The van der Waals surface area contributed by atoms with Gasteiger partial charge in [-0.25, -0.2) is 0 Å². The van der Waals surface area contributed by atoms with Gasteiger partial charge in [-0.1, -0.05) is 74.0 Å². The van der Waals surface area contributed by atoms with Crippen molar-refractivity contribution in [1.29, 1.82) is 0 Å². The van der Waals surface area contributed by atoms with Crippen LogP contribution in [0.5, 0.6) is 0 Å². The predicted octanol–water partition coefficient (Wildman–Crippen LogP) is 8.81. The van der Waals surface area contributed by atoms with E-state index in [0.717, 1.165) is 61.4 Å². The number of ether oxygens (including phenoxy) is 2. The Labute approximate surface area is 285 Å². The number of hydrogen-bond donors (Lipinski definition) is 0. The summed E-state index contributed by atoms with van der Waals surface area (Å²) < 4.78 is 12.8.